The van der Waals surface area contributed by atoms with Crippen molar-refractivity contribution in [2.75, 3.05) is 0 Å². The summed E-state index contributed by atoms with van der Waals surface area (Å²) < 4.78 is 0. The Morgan fingerprint density at radius 2 is 1.74 bits per heavy atom. The third-order valence-electron chi connectivity index (χ3n) is 5.01. The van der Waals surface area contributed by atoms with E-state index >= 15 is 0 Å². The van der Waals surface area contributed by atoms with Crippen LogP contribution in [0.4, 0.5) is 0 Å². The van der Waals surface area contributed by atoms with E-state index in [1.807, 2.05) is 54.9 Å². The standard InChI is InChI=1S/C23H14N2O2/c26-13-17-9-15-7-8-25-23(27)22(15)20-10-14(5-6-19(17)20)21-12-24-11-16-3-1-2-4-18(16)21/h1-13H,(H,25,27). The molecule has 1 N–H and O–H groups in total. The van der Waals surface area contributed by atoms with E-state index in [9.17, 15) is 9.59 Å². The number of aldehydes is 1. The number of hydrogen-bond acceptors (Lipinski definition) is 3. The molecule has 2 aromatic heterocycles. The van der Waals surface area contributed by atoms with Gasteiger partial charge in [-0.3, -0.25) is 14.6 Å². The Morgan fingerprint density at radius 1 is 0.852 bits per heavy atom. The first-order valence-corrected chi connectivity index (χ1v) is 8.63. The highest BCUT2D eigenvalue weighted by molar-refractivity contribution is 6.14. The van der Waals surface area contributed by atoms with Gasteiger partial charge in [0.25, 0.3) is 5.56 Å². The first-order valence-electron chi connectivity index (χ1n) is 8.63. The molecule has 0 atom stereocenters. The van der Waals surface area contributed by atoms with Gasteiger partial charge in [0.1, 0.15) is 0 Å². The number of pyridine rings is 2. The van der Waals surface area contributed by atoms with Crippen molar-refractivity contribution in [3.8, 4) is 11.1 Å². The van der Waals surface area contributed by atoms with Crippen LogP contribution in [0.1, 0.15) is 10.4 Å². The molecule has 27 heavy (non-hydrogen) atoms. The SMILES string of the molecule is O=Cc1cc2cc[nH]c(=O)c2c2cc(-c3cncc4ccccc34)ccc12. The summed E-state index contributed by atoms with van der Waals surface area (Å²) in [5.74, 6) is 0. The quantitative estimate of drug-likeness (QED) is 0.370. The summed E-state index contributed by atoms with van der Waals surface area (Å²) in [4.78, 5) is 31.2. The minimum atomic E-state index is -0.164. The third-order valence-corrected chi connectivity index (χ3v) is 5.01. The van der Waals surface area contributed by atoms with Crippen LogP contribution in [0.25, 0.3) is 43.4 Å². The molecule has 0 aliphatic carbocycles. The minimum Gasteiger partial charge on any atom is -0.329 e. The topological polar surface area (TPSA) is 62.8 Å². The molecule has 4 nitrogen and oxygen atoms in total. The Balaban J connectivity index is 1.92. The van der Waals surface area contributed by atoms with Crippen molar-refractivity contribution in [1.29, 1.82) is 0 Å². The van der Waals surface area contributed by atoms with E-state index in [0.717, 1.165) is 44.3 Å². The van der Waals surface area contributed by atoms with Crippen LogP contribution in [0.2, 0.25) is 0 Å². The van der Waals surface area contributed by atoms with Gasteiger partial charge in [0.15, 0.2) is 6.29 Å². The first kappa shape index (κ1) is 15.5. The Bertz CT molecular complexity index is 1410. The minimum absolute atomic E-state index is 0.164. The van der Waals surface area contributed by atoms with Crippen LogP contribution in [0.15, 0.2) is 78.0 Å². The van der Waals surface area contributed by atoms with E-state index in [2.05, 4.69) is 16.0 Å². The third kappa shape index (κ3) is 2.34. The molecule has 0 saturated carbocycles. The van der Waals surface area contributed by atoms with E-state index in [-0.39, 0.29) is 5.56 Å². The molecule has 0 aliphatic rings. The number of nitrogens with one attached hydrogen (secondary N) is 1. The molecule has 2 heterocycles. The summed E-state index contributed by atoms with van der Waals surface area (Å²) in [6, 6.07) is 17.5. The number of benzene rings is 3. The zero-order valence-corrected chi connectivity index (χ0v) is 14.3. The molecule has 128 valence electrons. The van der Waals surface area contributed by atoms with E-state index in [1.54, 1.807) is 12.3 Å². The van der Waals surface area contributed by atoms with Crippen molar-refractivity contribution < 1.29 is 4.79 Å². The molecule has 0 radical (unpaired) electrons. The van der Waals surface area contributed by atoms with Crippen LogP contribution in [0.5, 0.6) is 0 Å². The van der Waals surface area contributed by atoms with Gasteiger partial charge in [-0.05, 0) is 45.3 Å². The second-order valence-corrected chi connectivity index (χ2v) is 6.52. The number of nitrogens with zero attached hydrogens (tertiary/aromatic N) is 1. The summed E-state index contributed by atoms with van der Waals surface area (Å²) in [7, 11) is 0. The number of carbonyl (C=O) groups is 1. The molecule has 0 fully saturated rings. The number of H-pyrrole nitrogens is 1. The van der Waals surface area contributed by atoms with Gasteiger partial charge >= 0.3 is 0 Å². The van der Waals surface area contributed by atoms with Gasteiger partial charge in [0, 0.05) is 35.1 Å². The predicted molar refractivity (Wildman–Crippen MR) is 108 cm³/mol. The number of fused-ring (bicyclic) bond motifs is 4. The monoisotopic (exact) mass is 350 g/mol. The highest BCUT2D eigenvalue weighted by Gasteiger charge is 2.12. The largest absolute Gasteiger partial charge is 0.329 e. The second kappa shape index (κ2) is 5.88. The Kier molecular flexibility index (Phi) is 3.37. The maximum absolute atomic E-state index is 12.5. The molecule has 3 aromatic carbocycles. The molecule has 5 rings (SSSR count). The second-order valence-electron chi connectivity index (χ2n) is 6.52. The summed E-state index contributed by atoms with van der Waals surface area (Å²) in [5, 5.41) is 5.03. The molecule has 0 amide bonds. The van der Waals surface area contributed by atoms with E-state index in [0.29, 0.717) is 10.9 Å². The lowest BCUT2D eigenvalue weighted by molar-refractivity contribution is 0.112. The van der Waals surface area contributed by atoms with Crippen LogP contribution in [-0.4, -0.2) is 16.3 Å². The summed E-state index contributed by atoms with van der Waals surface area (Å²) in [6.07, 6.45) is 6.11. The molecule has 0 bridgehead atoms. The molecule has 4 heteroatoms. The maximum atomic E-state index is 12.5. The van der Waals surface area contributed by atoms with Crippen LogP contribution in [-0.2, 0) is 0 Å². The van der Waals surface area contributed by atoms with Crippen molar-refractivity contribution in [2.45, 2.75) is 0 Å². The highest BCUT2D eigenvalue weighted by atomic mass is 16.1. The van der Waals surface area contributed by atoms with Crippen molar-refractivity contribution in [2.24, 2.45) is 0 Å². The number of aromatic nitrogens is 2. The average molecular weight is 350 g/mol. The van der Waals surface area contributed by atoms with Crippen molar-refractivity contribution in [3.05, 3.63) is 89.1 Å². The molecule has 5 aromatic rings. The Labute approximate surface area is 154 Å². The lowest BCUT2D eigenvalue weighted by Gasteiger charge is -2.10. The maximum Gasteiger partial charge on any atom is 0.256 e. The zero-order chi connectivity index (χ0) is 18.4. The highest BCUT2D eigenvalue weighted by Crippen LogP contribution is 2.33. The average Bonchev–Trinajstić information content (AvgIpc) is 2.72. The van der Waals surface area contributed by atoms with E-state index in [4.69, 9.17) is 0 Å². The number of aromatic amines is 1. The van der Waals surface area contributed by atoms with E-state index in [1.165, 1.54) is 0 Å². The molecular formula is C23H14N2O2. The zero-order valence-electron chi connectivity index (χ0n) is 14.3. The Morgan fingerprint density at radius 3 is 2.63 bits per heavy atom. The molecule has 0 unspecified atom stereocenters. The number of rotatable bonds is 2. The van der Waals surface area contributed by atoms with Crippen molar-refractivity contribution in [1.82, 2.24) is 9.97 Å². The van der Waals surface area contributed by atoms with Crippen LogP contribution < -0.4 is 5.56 Å². The van der Waals surface area contributed by atoms with Gasteiger partial charge in [0.2, 0.25) is 0 Å². The van der Waals surface area contributed by atoms with Crippen LogP contribution in [0.3, 0.4) is 0 Å². The normalized spacial score (nSPS) is 11.3. The lowest BCUT2D eigenvalue weighted by Crippen LogP contribution is -2.05. The molecular weight excluding hydrogens is 336 g/mol. The Hall–Kier alpha value is -3.79. The molecule has 0 aliphatic heterocycles. The molecule has 0 saturated heterocycles. The number of carbonyl (C=O) groups excluding carboxylic acids is 1. The fourth-order valence-electron chi connectivity index (χ4n) is 3.75. The van der Waals surface area contributed by atoms with Gasteiger partial charge in [0.05, 0.1) is 5.39 Å². The first-order chi connectivity index (χ1) is 13.3. The molecule has 0 spiro atoms. The fourth-order valence-corrected chi connectivity index (χ4v) is 3.75. The van der Waals surface area contributed by atoms with E-state index < -0.39 is 0 Å². The van der Waals surface area contributed by atoms with Gasteiger partial charge in [-0.1, -0.05) is 36.4 Å². The van der Waals surface area contributed by atoms with Gasteiger partial charge in [-0.2, -0.15) is 0 Å². The summed E-state index contributed by atoms with van der Waals surface area (Å²) in [6.45, 7) is 0. The smallest absolute Gasteiger partial charge is 0.256 e. The number of hydrogen-bond donors (Lipinski definition) is 1. The lowest BCUT2D eigenvalue weighted by atomic mass is 9.94. The summed E-state index contributed by atoms with van der Waals surface area (Å²) >= 11 is 0. The van der Waals surface area contributed by atoms with Crippen LogP contribution in [0, 0.1) is 0 Å². The van der Waals surface area contributed by atoms with Gasteiger partial charge in [-0.25, -0.2) is 0 Å². The van der Waals surface area contributed by atoms with Crippen molar-refractivity contribution in [3.63, 3.8) is 0 Å². The summed E-state index contributed by atoms with van der Waals surface area (Å²) in [5.41, 5.74) is 2.36. The van der Waals surface area contributed by atoms with Gasteiger partial charge in [-0.15, -0.1) is 0 Å². The van der Waals surface area contributed by atoms with Crippen molar-refractivity contribution >= 4 is 38.6 Å². The predicted octanol–water partition coefficient (Wildman–Crippen LogP) is 4.71. The van der Waals surface area contributed by atoms with Gasteiger partial charge < -0.3 is 4.98 Å². The fraction of sp³-hybridized carbons (Fsp3) is 0. The van der Waals surface area contributed by atoms with Crippen LogP contribution >= 0.6 is 0 Å².